The van der Waals surface area contributed by atoms with Crippen LogP contribution in [0.1, 0.15) is 41.7 Å². The number of amides is 1. The van der Waals surface area contributed by atoms with Gasteiger partial charge in [0.15, 0.2) is 11.5 Å². The smallest absolute Gasteiger partial charge is 0.259 e. The number of aromatic nitrogens is 6. The maximum atomic E-state index is 13.5. The molecule has 0 atom stereocenters. The molecule has 194 valence electrons. The van der Waals surface area contributed by atoms with Crippen molar-refractivity contribution in [1.82, 2.24) is 33.8 Å². The van der Waals surface area contributed by atoms with Crippen molar-refractivity contribution in [3.63, 3.8) is 0 Å². The lowest BCUT2D eigenvalue weighted by Crippen LogP contribution is -2.43. The Morgan fingerprint density at radius 3 is 2.61 bits per heavy atom. The van der Waals surface area contributed by atoms with Gasteiger partial charge in [-0.2, -0.15) is 5.10 Å². The molecule has 0 bridgehead atoms. The summed E-state index contributed by atoms with van der Waals surface area (Å²) in [5.41, 5.74) is 4.65. The van der Waals surface area contributed by atoms with Crippen LogP contribution in [0.3, 0.4) is 0 Å². The Hall–Kier alpha value is -3.83. The SMILES string of the molecule is Cc1cn2cc(NC(=O)c3ccc(N4CCC(NC5CC5)CC4)c4cn(C)nc34)nc2c(-c2ccns2)n1. The van der Waals surface area contributed by atoms with Crippen molar-refractivity contribution < 1.29 is 4.79 Å². The van der Waals surface area contributed by atoms with E-state index in [9.17, 15) is 4.79 Å². The zero-order valence-electron chi connectivity index (χ0n) is 21.4. The zero-order valence-corrected chi connectivity index (χ0v) is 22.2. The fraction of sp³-hybridized carbons (Fsp3) is 0.370. The zero-order chi connectivity index (χ0) is 25.8. The molecule has 1 aliphatic carbocycles. The normalized spacial score (nSPS) is 16.5. The van der Waals surface area contributed by atoms with Gasteiger partial charge >= 0.3 is 0 Å². The molecular weight excluding hydrogens is 498 g/mol. The van der Waals surface area contributed by atoms with Crippen LogP contribution in [-0.4, -0.2) is 59.6 Å². The van der Waals surface area contributed by atoms with Gasteiger partial charge < -0.3 is 19.9 Å². The van der Waals surface area contributed by atoms with Gasteiger partial charge in [0, 0.05) is 61.9 Å². The van der Waals surface area contributed by atoms with Crippen LogP contribution in [0.2, 0.25) is 0 Å². The van der Waals surface area contributed by atoms with Gasteiger partial charge in [-0.3, -0.25) is 9.48 Å². The molecule has 10 nitrogen and oxygen atoms in total. The van der Waals surface area contributed by atoms with Crippen LogP contribution < -0.4 is 15.5 Å². The highest BCUT2D eigenvalue weighted by molar-refractivity contribution is 7.09. The lowest BCUT2D eigenvalue weighted by atomic mass is 10.0. The van der Waals surface area contributed by atoms with Gasteiger partial charge in [0.2, 0.25) is 0 Å². The molecular formula is C27H29N9OS. The number of piperidine rings is 1. The topological polar surface area (TPSA) is 105 Å². The summed E-state index contributed by atoms with van der Waals surface area (Å²) < 4.78 is 7.88. The van der Waals surface area contributed by atoms with Gasteiger partial charge in [-0.1, -0.05) is 0 Å². The number of hydrogen-bond donors (Lipinski definition) is 2. The number of fused-ring (bicyclic) bond motifs is 2. The molecule has 5 heterocycles. The molecule has 1 saturated heterocycles. The second-order valence-electron chi connectivity index (χ2n) is 10.3. The van der Waals surface area contributed by atoms with E-state index in [0.29, 0.717) is 28.6 Å². The minimum Gasteiger partial charge on any atom is -0.371 e. The molecule has 0 radical (unpaired) electrons. The van der Waals surface area contributed by atoms with Crippen molar-refractivity contribution in [3.05, 3.63) is 54.2 Å². The maximum absolute atomic E-state index is 13.5. The summed E-state index contributed by atoms with van der Waals surface area (Å²) in [6, 6.07) is 7.21. The van der Waals surface area contributed by atoms with Gasteiger partial charge in [0.1, 0.15) is 11.2 Å². The minimum absolute atomic E-state index is 0.236. The van der Waals surface area contributed by atoms with E-state index >= 15 is 0 Å². The number of carbonyl (C=O) groups excluding carboxylic acids is 1. The van der Waals surface area contributed by atoms with Crippen molar-refractivity contribution >= 4 is 45.5 Å². The third kappa shape index (κ3) is 4.31. The molecule has 1 aromatic carbocycles. The number of rotatable bonds is 6. The number of hydrogen-bond acceptors (Lipinski definition) is 8. The van der Waals surface area contributed by atoms with Crippen molar-refractivity contribution in [3.8, 4) is 10.6 Å². The first-order chi connectivity index (χ1) is 18.5. The van der Waals surface area contributed by atoms with E-state index in [1.807, 2.05) is 49.1 Å². The third-order valence-corrected chi connectivity index (χ3v) is 8.12. The molecule has 4 aromatic heterocycles. The highest BCUT2D eigenvalue weighted by Crippen LogP contribution is 2.32. The second-order valence-corrected chi connectivity index (χ2v) is 11.2. The predicted molar refractivity (Wildman–Crippen MR) is 149 cm³/mol. The Morgan fingerprint density at radius 2 is 1.84 bits per heavy atom. The summed E-state index contributed by atoms with van der Waals surface area (Å²) in [6.07, 6.45) is 12.4. The number of imidazole rings is 1. The summed E-state index contributed by atoms with van der Waals surface area (Å²) in [4.78, 5) is 26.2. The third-order valence-electron chi connectivity index (χ3n) is 7.37. The average molecular weight is 528 g/mol. The molecule has 1 saturated carbocycles. The Balaban J connectivity index is 1.16. The molecule has 0 unspecified atom stereocenters. The number of nitrogens with zero attached hydrogens (tertiary/aromatic N) is 7. The van der Waals surface area contributed by atoms with Crippen LogP contribution in [0, 0.1) is 6.92 Å². The summed E-state index contributed by atoms with van der Waals surface area (Å²) in [6.45, 7) is 3.93. The molecule has 2 N–H and O–H groups in total. The average Bonchev–Trinajstić information content (AvgIpc) is 3.26. The van der Waals surface area contributed by atoms with Crippen LogP contribution in [0.5, 0.6) is 0 Å². The Bertz CT molecular complexity index is 1640. The van der Waals surface area contributed by atoms with Crippen molar-refractivity contribution in [2.75, 3.05) is 23.3 Å². The summed E-state index contributed by atoms with van der Waals surface area (Å²) >= 11 is 1.37. The maximum Gasteiger partial charge on any atom is 0.259 e. The van der Waals surface area contributed by atoms with Gasteiger partial charge in [-0.25, -0.2) is 14.3 Å². The Labute approximate surface area is 223 Å². The fourth-order valence-corrected chi connectivity index (χ4v) is 5.99. The lowest BCUT2D eigenvalue weighted by molar-refractivity contribution is 0.102. The predicted octanol–water partition coefficient (Wildman–Crippen LogP) is 4.02. The highest BCUT2D eigenvalue weighted by atomic mass is 32.1. The van der Waals surface area contributed by atoms with E-state index in [-0.39, 0.29) is 5.91 Å². The first kappa shape index (κ1) is 23.3. The summed E-state index contributed by atoms with van der Waals surface area (Å²) in [7, 11) is 1.90. The van der Waals surface area contributed by atoms with Crippen molar-refractivity contribution in [2.24, 2.45) is 7.05 Å². The quantitative estimate of drug-likeness (QED) is 0.344. The highest BCUT2D eigenvalue weighted by Gasteiger charge is 2.28. The summed E-state index contributed by atoms with van der Waals surface area (Å²) in [5, 5.41) is 12.4. The number of carbonyl (C=O) groups is 1. The molecule has 11 heteroatoms. The molecule has 1 amide bonds. The van der Waals surface area contributed by atoms with Gasteiger partial charge in [0.25, 0.3) is 5.91 Å². The first-order valence-corrected chi connectivity index (χ1v) is 13.9. The minimum atomic E-state index is -0.236. The Morgan fingerprint density at radius 1 is 1.03 bits per heavy atom. The van der Waals surface area contributed by atoms with Gasteiger partial charge in [-0.15, -0.1) is 0 Å². The largest absolute Gasteiger partial charge is 0.371 e. The van der Waals surface area contributed by atoms with Crippen molar-refractivity contribution in [2.45, 2.75) is 44.7 Å². The van der Waals surface area contributed by atoms with E-state index in [2.05, 4.69) is 36.1 Å². The first-order valence-electron chi connectivity index (χ1n) is 13.1. The van der Waals surface area contributed by atoms with E-state index in [4.69, 9.17) is 4.98 Å². The second kappa shape index (κ2) is 9.17. The van der Waals surface area contributed by atoms with Gasteiger partial charge in [-0.05, 0) is 62.3 Å². The number of aryl methyl sites for hydroxylation is 2. The molecule has 7 rings (SSSR count). The van der Waals surface area contributed by atoms with E-state index in [1.165, 1.54) is 24.4 Å². The van der Waals surface area contributed by atoms with Crippen LogP contribution in [0.4, 0.5) is 11.5 Å². The van der Waals surface area contributed by atoms with Crippen LogP contribution >= 0.6 is 11.5 Å². The number of nitrogens with one attached hydrogen (secondary N) is 2. The summed E-state index contributed by atoms with van der Waals surface area (Å²) in [5.74, 6) is 0.228. The molecule has 1 aliphatic heterocycles. The van der Waals surface area contributed by atoms with Crippen molar-refractivity contribution in [1.29, 1.82) is 0 Å². The number of anilines is 2. The fourth-order valence-electron chi connectivity index (χ4n) is 5.41. The molecule has 2 fully saturated rings. The van der Waals surface area contributed by atoms with E-state index in [0.717, 1.165) is 59.3 Å². The standard InChI is InChI=1S/C27H29N9OS/c1-16-13-36-15-23(31-26(36)25(29-16)22-7-10-28-38-22)32-27(37)19-5-6-21(20-14-34(2)33-24(19)20)35-11-8-18(9-12-35)30-17-3-4-17/h5-7,10,13-15,17-18,30H,3-4,8-9,11-12H2,1-2H3,(H,32,37). The van der Waals surface area contributed by atoms with Gasteiger partial charge in [0.05, 0.1) is 22.3 Å². The lowest BCUT2D eigenvalue weighted by Gasteiger charge is -2.34. The molecule has 2 aliphatic rings. The van der Waals surface area contributed by atoms with E-state index in [1.54, 1.807) is 10.9 Å². The van der Waals surface area contributed by atoms with Crippen LogP contribution in [-0.2, 0) is 7.05 Å². The molecule has 5 aromatic rings. The van der Waals surface area contributed by atoms with Crippen LogP contribution in [0.25, 0.3) is 27.1 Å². The van der Waals surface area contributed by atoms with E-state index < -0.39 is 0 Å². The molecule has 38 heavy (non-hydrogen) atoms. The van der Waals surface area contributed by atoms with Crippen LogP contribution in [0.15, 0.2) is 43.0 Å². The molecule has 0 spiro atoms. The monoisotopic (exact) mass is 527 g/mol. The number of benzene rings is 1. The Kier molecular flexibility index (Phi) is 5.62.